The molecule has 1 unspecified atom stereocenters. The Balaban J connectivity index is 2.66. The van der Waals surface area contributed by atoms with Crippen LogP contribution in [0, 0.1) is 0 Å². The second-order valence-corrected chi connectivity index (χ2v) is 5.22. The van der Waals surface area contributed by atoms with Gasteiger partial charge in [-0.15, -0.1) is 0 Å². The van der Waals surface area contributed by atoms with Gasteiger partial charge in [-0.3, -0.25) is 9.59 Å². The highest BCUT2D eigenvalue weighted by Crippen LogP contribution is 2.38. The average Bonchev–Trinajstić information content (AvgIpc) is 2.52. The molecular weight excluding hydrogens is 325 g/mol. The van der Waals surface area contributed by atoms with Gasteiger partial charge in [-0.05, 0) is 23.3 Å². The Bertz CT molecular complexity index is 739. The monoisotopic (exact) mass is 338 g/mol. The fourth-order valence-corrected chi connectivity index (χ4v) is 2.59. The number of carboxylic acid groups (broad SMARTS) is 2. The van der Waals surface area contributed by atoms with Crippen LogP contribution >= 0.6 is 0 Å². The highest BCUT2D eigenvalue weighted by molar-refractivity contribution is 5.91. The normalized spacial score (nSPS) is 14.0. The van der Waals surface area contributed by atoms with Crippen LogP contribution in [-0.4, -0.2) is 22.2 Å². The Labute approximate surface area is 135 Å². The van der Waals surface area contributed by atoms with E-state index in [1.54, 1.807) is 18.2 Å². The number of rotatable bonds is 5. The van der Waals surface area contributed by atoms with Crippen molar-refractivity contribution in [1.29, 1.82) is 0 Å². The van der Waals surface area contributed by atoms with Crippen LogP contribution in [0.5, 0.6) is 0 Å². The maximum Gasteiger partial charge on any atom is 0.416 e. The van der Waals surface area contributed by atoms with Crippen LogP contribution in [0.25, 0.3) is 0 Å². The van der Waals surface area contributed by atoms with Gasteiger partial charge in [0.2, 0.25) is 0 Å². The third-order valence-electron chi connectivity index (χ3n) is 3.75. The predicted octanol–water partition coefficient (Wildman–Crippen LogP) is 3.55. The highest BCUT2D eigenvalue weighted by Gasteiger charge is 2.44. The van der Waals surface area contributed by atoms with Crippen LogP contribution < -0.4 is 0 Å². The Morgan fingerprint density at radius 3 is 1.67 bits per heavy atom. The summed E-state index contributed by atoms with van der Waals surface area (Å²) in [5.41, 5.74) is -2.76. The molecule has 0 saturated heterocycles. The summed E-state index contributed by atoms with van der Waals surface area (Å²) in [6, 6.07) is 11.1. The van der Waals surface area contributed by atoms with Crippen molar-refractivity contribution in [2.45, 2.75) is 18.0 Å². The van der Waals surface area contributed by atoms with Crippen LogP contribution in [0.15, 0.2) is 54.6 Å². The van der Waals surface area contributed by atoms with Crippen molar-refractivity contribution >= 4 is 11.9 Å². The van der Waals surface area contributed by atoms with Crippen LogP contribution in [-0.2, 0) is 21.2 Å². The summed E-state index contributed by atoms with van der Waals surface area (Å²) in [7, 11) is 0. The average molecular weight is 338 g/mol. The standard InChI is InChI=1S/C17H13F3O4/c18-17(19,20)13-8-6-12(7-9-13)16(15(23)24,10-14(21)22)11-4-2-1-3-5-11/h1-9H,10H2,(H,21,22)(H,23,24). The minimum atomic E-state index is -4.57. The summed E-state index contributed by atoms with van der Waals surface area (Å²) >= 11 is 0. The van der Waals surface area contributed by atoms with Crippen molar-refractivity contribution in [2.24, 2.45) is 0 Å². The molecule has 0 fully saturated rings. The molecular formula is C17H13F3O4. The molecule has 0 radical (unpaired) electrons. The summed E-state index contributed by atoms with van der Waals surface area (Å²) in [6.45, 7) is 0. The Hall–Kier alpha value is -2.83. The van der Waals surface area contributed by atoms with Crippen molar-refractivity contribution < 1.29 is 33.0 Å². The maximum atomic E-state index is 12.7. The largest absolute Gasteiger partial charge is 0.481 e. The van der Waals surface area contributed by atoms with Gasteiger partial charge in [0.15, 0.2) is 0 Å². The summed E-state index contributed by atoms with van der Waals surface area (Å²) in [4.78, 5) is 23.2. The number of alkyl halides is 3. The van der Waals surface area contributed by atoms with E-state index in [1.165, 1.54) is 12.1 Å². The first kappa shape index (κ1) is 17.5. The number of benzene rings is 2. The van der Waals surface area contributed by atoms with Gasteiger partial charge < -0.3 is 10.2 Å². The zero-order valence-electron chi connectivity index (χ0n) is 12.2. The number of hydrogen-bond donors (Lipinski definition) is 2. The Kier molecular flexibility index (Phi) is 4.64. The fraction of sp³-hybridized carbons (Fsp3) is 0.176. The minimum absolute atomic E-state index is 0.0309. The van der Waals surface area contributed by atoms with Gasteiger partial charge in [0, 0.05) is 0 Å². The predicted molar refractivity (Wildman–Crippen MR) is 78.6 cm³/mol. The molecule has 2 aromatic carbocycles. The van der Waals surface area contributed by atoms with Crippen molar-refractivity contribution in [3.63, 3.8) is 0 Å². The number of halogens is 3. The molecule has 0 bridgehead atoms. The third-order valence-corrected chi connectivity index (χ3v) is 3.75. The molecule has 24 heavy (non-hydrogen) atoms. The zero-order valence-corrected chi connectivity index (χ0v) is 12.2. The summed E-state index contributed by atoms with van der Waals surface area (Å²) < 4.78 is 38.1. The third kappa shape index (κ3) is 3.24. The molecule has 0 aliphatic rings. The maximum absolute atomic E-state index is 12.7. The topological polar surface area (TPSA) is 74.6 Å². The quantitative estimate of drug-likeness (QED) is 0.874. The van der Waals surface area contributed by atoms with Crippen molar-refractivity contribution in [1.82, 2.24) is 0 Å². The van der Waals surface area contributed by atoms with Gasteiger partial charge in [0.1, 0.15) is 5.41 Å². The molecule has 0 spiro atoms. The lowest BCUT2D eigenvalue weighted by atomic mass is 9.72. The van der Waals surface area contributed by atoms with Gasteiger partial charge in [0.05, 0.1) is 12.0 Å². The molecule has 2 N–H and O–H groups in total. The number of carbonyl (C=O) groups is 2. The van der Waals surface area contributed by atoms with E-state index in [2.05, 4.69) is 0 Å². The highest BCUT2D eigenvalue weighted by atomic mass is 19.4. The van der Waals surface area contributed by atoms with Gasteiger partial charge in [0.25, 0.3) is 0 Å². The first-order valence-electron chi connectivity index (χ1n) is 6.86. The molecule has 2 aromatic rings. The van der Waals surface area contributed by atoms with Gasteiger partial charge in [-0.2, -0.15) is 13.2 Å². The molecule has 1 atom stereocenters. The van der Waals surface area contributed by atoms with E-state index in [0.29, 0.717) is 0 Å². The molecule has 0 amide bonds. The number of hydrogen-bond acceptors (Lipinski definition) is 2. The molecule has 0 heterocycles. The zero-order chi connectivity index (χ0) is 18.0. The van der Waals surface area contributed by atoms with E-state index in [4.69, 9.17) is 5.11 Å². The lowest BCUT2D eigenvalue weighted by Crippen LogP contribution is -2.39. The lowest BCUT2D eigenvalue weighted by molar-refractivity contribution is -0.148. The van der Waals surface area contributed by atoms with Crippen LogP contribution in [0.4, 0.5) is 13.2 Å². The molecule has 2 rings (SSSR count). The van der Waals surface area contributed by atoms with E-state index in [9.17, 15) is 27.9 Å². The molecule has 0 aromatic heterocycles. The van der Waals surface area contributed by atoms with Gasteiger partial charge in [-0.25, -0.2) is 0 Å². The summed E-state index contributed by atoms with van der Waals surface area (Å²) in [5, 5.41) is 18.9. The second-order valence-electron chi connectivity index (χ2n) is 5.22. The van der Waals surface area contributed by atoms with E-state index < -0.39 is 35.5 Å². The first-order valence-corrected chi connectivity index (χ1v) is 6.86. The fourth-order valence-electron chi connectivity index (χ4n) is 2.59. The van der Waals surface area contributed by atoms with E-state index in [1.807, 2.05) is 0 Å². The van der Waals surface area contributed by atoms with Crippen LogP contribution in [0.1, 0.15) is 23.1 Å². The van der Waals surface area contributed by atoms with Gasteiger partial charge >= 0.3 is 18.1 Å². The van der Waals surface area contributed by atoms with E-state index >= 15 is 0 Å². The molecule has 4 nitrogen and oxygen atoms in total. The molecule has 7 heteroatoms. The van der Waals surface area contributed by atoms with Crippen molar-refractivity contribution in [3.05, 3.63) is 71.3 Å². The van der Waals surface area contributed by atoms with Crippen LogP contribution in [0.3, 0.4) is 0 Å². The lowest BCUT2D eigenvalue weighted by Gasteiger charge is -2.29. The minimum Gasteiger partial charge on any atom is -0.481 e. The number of carboxylic acids is 2. The molecule has 0 aliphatic carbocycles. The first-order chi connectivity index (χ1) is 11.2. The smallest absolute Gasteiger partial charge is 0.416 e. The Morgan fingerprint density at radius 2 is 1.25 bits per heavy atom. The van der Waals surface area contributed by atoms with Crippen molar-refractivity contribution in [2.75, 3.05) is 0 Å². The molecule has 0 aliphatic heterocycles. The van der Waals surface area contributed by atoms with Crippen molar-refractivity contribution in [3.8, 4) is 0 Å². The number of aliphatic carboxylic acids is 2. The van der Waals surface area contributed by atoms with E-state index in [0.717, 1.165) is 24.3 Å². The van der Waals surface area contributed by atoms with Gasteiger partial charge in [-0.1, -0.05) is 42.5 Å². The SMILES string of the molecule is O=C(O)CC(C(=O)O)(c1ccccc1)c1ccc(C(F)(F)F)cc1. The molecule has 126 valence electrons. The second kappa shape index (κ2) is 6.35. The molecule has 0 saturated carbocycles. The Morgan fingerprint density at radius 1 is 0.792 bits per heavy atom. The summed E-state index contributed by atoms with van der Waals surface area (Å²) in [5.74, 6) is -2.82. The van der Waals surface area contributed by atoms with Crippen LogP contribution in [0.2, 0.25) is 0 Å². The van der Waals surface area contributed by atoms with E-state index in [-0.39, 0.29) is 11.1 Å². The summed E-state index contributed by atoms with van der Waals surface area (Å²) in [6.07, 6.45) is -5.36.